The van der Waals surface area contributed by atoms with Gasteiger partial charge in [-0.3, -0.25) is 14.5 Å². The van der Waals surface area contributed by atoms with Crippen LogP contribution < -0.4 is 14.8 Å². The molecule has 1 atom stereocenters. The number of carboxylic acids is 1. The van der Waals surface area contributed by atoms with Gasteiger partial charge in [0.15, 0.2) is 11.5 Å². The molecular formula is C14H16N2O5. The number of carboxylic acid groups (broad SMARTS) is 1. The van der Waals surface area contributed by atoms with Crippen LogP contribution in [0.15, 0.2) is 18.2 Å². The molecule has 2 N–H and O–H groups in total. The van der Waals surface area contributed by atoms with Gasteiger partial charge in [-0.2, -0.15) is 0 Å². The Labute approximate surface area is 121 Å². The van der Waals surface area contributed by atoms with Gasteiger partial charge in [0.05, 0.1) is 6.42 Å². The second kappa shape index (κ2) is 5.61. The Morgan fingerprint density at radius 2 is 2.19 bits per heavy atom. The van der Waals surface area contributed by atoms with E-state index in [9.17, 15) is 9.59 Å². The molecule has 0 aromatic heterocycles. The summed E-state index contributed by atoms with van der Waals surface area (Å²) in [4.78, 5) is 24.7. The van der Waals surface area contributed by atoms with Gasteiger partial charge in [-0.15, -0.1) is 0 Å². The van der Waals surface area contributed by atoms with E-state index in [2.05, 4.69) is 5.32 Å². The van der Waals surface area contributed by atoms with E-state index in [4.69, 9.17) is 14.6 Å². The highest BCUT2D eigenvalue weighted by molar-refractivity contribution is 5.86. The Morgan fingerprint density at radius 1 is 1.38 bits per heavy atom. The minimum Gasteiger partial charge on any atom is -0.481 e. The number of carbonyl (C=O) groups excluding carboxylic acids is 1. The average Bonchev–Trinajstić information content (AvgIpc) is 2.90. The summed E-state index contributed by atoms with van der Waals surface area (Å²) < 4.78 is 10.6. The SMILES string of the molecule is O=C(O)CC1C(=O)NCCN1Cc1ccc2c(c1)OCO2. The molecule has 0 radical (unpaired) electrons. The third-order valence-corrected chi connectivity index (χ3v) is 3.63. The number of piperazine rings is 1. The topological polar surface area (TPSA) is 88.1 Å². The Bertz CT molecular complexity index is 574. The third kappa shape index (κ3) is 2.92. The molecule has 0 bridgehead atoms. The molecule has 2 aliphatic heterocycles. The minimum absolute atomic E-state index is 0.198. The molecule has 2 aliphatic rings. The van der Waals surface area contributed by atoms with Crippen molar-refractivity contribution in [3.8, 4) is 11.5 Å². The molecule has 7 nitrogen and oxygen atoms in total. The van der Waals surface area contributed by atoms with Crippen molar-refractivity contribution in [1.29, 1.82) is 0 Å². The first-order valence-corrected chi connectivity index (χ1v) is 6.75. The lowest BCUT2D eigenvalue weighted by Gasteiger charge is -2.34. The van der Waals surface area contributed by atoms with Crippen LogP contribution in [0.5, 0.6) is 11.5 Å². The van der Waals surface area contributed by atoms with Crippen molar-refractivity contribution in [1.82, 2.24) is 10.2 Å². The Balaban J connectivity index is 1.75. The zero-order valence-corrected chi connectivity index (χ0v) is 11.4. The van der Waals surface area contributed by atoms with Crippen LogP contribution in [0.4, 0.5) is 0 Å². The van der Waals surface area contributed by atoms with Crippen LogP contribution >= 0.6 is 0 Å². The van der Waals surface area contributed by atoms with E-state index in [1.807, 2.05) is 23.1 Å². The van der Waals surface area contributed by atoms with E-state index in [0.717, 1.165) is 5.56 Å². The van der Waals surface area contributed by atoms with Crippen molar-refractivity contribution < 1.29 is 24.2 Å². The molecule has 1 fully saturated rings. The summed E-state index contributed by atoms with van der Waals surface area (Å²) in [5.41, 5.74) is 0.962. The van der Waals surface area contributed by atoms with Gasteiger partial charge >= 0.3 is 5.97 Å². The van der Waals surface area contributed by atoms with Crippen molar-refractivity contribution in [2.75, 3.05) is 19.9 Å². The lowest BCUT2D eigenvalue weighted by Crippen LogP contribution is -2.55. The fraction of sp³-hybridized carbons (Fsp3) is 0.429. The maximum Gasteiger partial charge on any atom is 0.305 e. The van der Waals surface area contributed by atoms with E-state index < -0.39 is 12.0 Å². The summed E-state index contributed by atoms with van der Waals surface area (Å²) >= 11 is 0. The van der Waals surface area contributed by atoms with Gasteiger partial charge in [-0.25, -0.2) is 0 Å². The van der Waals surface area contributed by atoms with Gasteiger partial charge in [0.2, 0.25) is 12.7 Å². The first-order valence-electron chi connectivity index (χ1n) is 6.75. The van der Waals surface area contributed by atoms with Crippen LogP contribution in [0.1, 0.15) is 12.0 Å². The highest BCUT2D eigenvalue weighted by atomic mass is 16.7. The molecule has 2 heterocycles. The molecule has 7 heteroatoms. The van der Waals surface area contributed by atoms with Crippen LogP contribution in [0.3, 0.4) is 0 Å². The fourth-order valence-electron chi connectivity index (χ4n) is 2.61. The molecule has 112 valence electrons. The number of rotatable bonds is 4. The summed E-state index contributed by atoms with van der Waals surface area (Å²) in [6, 6.07) is 4.96. The lowest BCUT2D eigenvalue weighted by atomic mass is 10.1. The molecule has 1 aromatic rings. The second-order valence-electron chi connectivity index (χ2n) is 5.06. The van der Waals surface area contributed by atoms with Gasteiger partial charge in [-0.1, -0.05) is 6.07 Å². The van der Waals surface area contributed by atoms with Crippen LogP contribution in [-0.4, -0.2) is 47.8 Å². The van der Waals surface area contributed by atoms with E-state index in [1.165, 1.54) is 0 Å². The average molecular weight is 292 g/mol. The number of ether oxygens (including phenoxy) is 2. The van der Waals surface area contributed by atoms with Crippen LogP contribution in [0.25, 0.3) is 0 Å². The highest BCUT2D eigenvalue weighted by Crippen LogP contribution is 2.33. The van der Waals surface area contributed by atoms with Crippen molar-refractivity contribution in [2.45, 2.75) is 19.0 Å². The van der Waals surface area contributed by atoms with E-state index >= 15 is 0 Å². The van der Waals surface area contributed by atoms with E-state index in [0.29, 0.717) is 31.1 Å². The molecule has 1 amide bonds. The summed E-state index contributed by atoms with van der Waals surface area (Å²) in [5, 5.41) is 11.7. The quantitative estimate of drug-likeness (QED) is 0.823. The largest absolute Gasteiger partial charge is 0.481 e. The van der Waals surface area contributed by atoms with Gasteiger partial charge in [-0.05, 0) is 17.7 Å². The monoisotopic (exact) mass is 292 g/mol. The van der Waals surface area contributed by atoms with Crippen molar-refractivity contribution in [3.63, 3.8) is 0 Å². The summed E-state index contributed by atoms with van der Waals surface area (Å²) in [6.07, 6.45) is -0.198. The molecule has 0 aliphatic carbocycles. The number of nitrogens with one attached hydrogen (secondary N) is 1. The third-order valence-electron chi connectivity index (χ3n) is 3.63. The van der Waals surface area contributed by atoms with Gasteiger partial charge in [0, 0.05) is 19.6 Å². The number of hydrogen-bond acceptors (Lipinski definition) is 5. The number of amides is 1. The normalized spacial score (nSPS) is 21.1. The maximum absolute atomic E-state index is 11.9. The molecule has 1 saturated heterocycles. The van der Waals surface area contributed by atoms with Gasteiger partial charge in [0.1, 0.15) is 6.04 Å². The number of carbonyl (C=O) groups is 2. The van der Waals surface area contributed by atoms with Crippen LogP contribution in [0.2, 0.25) is 0 Å². The van der Waals surface area contributed by atoms with Crippen molar-refractivity contribution in [3.05, 3.63) is 23.8 Å². The lowest BCUT2D eigenvalue weighted by molar-refractivity contribution is -0.143. The standard InChI is InChI=1S/C14H16N2O5/c17-13(18)6-10-14(19)15-3-4-16(10)7-9-1-2-11-12(5-9)21-8-20-11/h1-2,5,10H,3-4,6-8H2,(H,15,19)(H,17,18). The first kappa shape index (κ1) is 13.7. The zero-order valence-electron chi connectivity index (χ0n) is 11.4. The van der Waals surface area contributed by atoms with Crippen molar-refractivity contribution in [2.24, 2.45) is 0 Å². The smallest absolute Gasteiger partial charge is 0.305 e. The predicted molar refractivity (Wildman–Crippen MR) is 72.0 cm³/mol. The Hall–Kier alpha value is -2.28. The Kier molecular flexibility index (Phi) is 3.66. The van der Waals surface area contributed by atoms with Gasteiger partial charge < -0.3 is 19.9 Å². The number of fused-ring (bicyclic) bond motifs is 1. The molecule has 1 aromatic carbocycles. The van der Waals surface area contributed by atoms with Crippen LogP contribution in [0, 0.1) is 0 Å². The van der Waals surface area contributed by atoms with Crippen molar-refractivity contribution >= 4 is 11.9 Å². The zero-order chi connectivity index (χ0) is 14.8. The maximum atomic E-state index is 11.9. The molecule has 21 heavy (non-hydrogen) atoms. The number of nitrogens with zero attached hydrogens (tertiary/aromatic N) is 1. The second-order valence-corrected chi connectivity index (χ2v) is 5.06. The Morgan fingerprint density at radius 3 is 3.00 bits per heavy atom. The summed E-state index contributed by atoms with van der Waals surface area (Å²) in [5.74, 6) is 0.179. The van der Waals surface area contributed by atoms with Gasteiger partial charge in [0.25, 0.3) is 0 Å². The number of benzene rings is 1. The predicted octanol–water partition coefficient (Wildman–Crippen LogP) is 0.190. The fourth-order valence-corrected chi connectivity index (χ4v) is 2.61. The molecule has 3 rings (SSSR count). The minimum atomic E-state index is -0.979. The first-order chi connectivity index (χ1) is 10.1. The summed E-state index contributed by atoms with van der Waals surface area (Å²) in [7, 11) is 0. The molecule has 0 spiro atoms. The van der Waals surface area contributed by atoms with Crippen LogP contribution in [-0.2, 0) is 16.1 Å². The number of hydrogen-bond donors (Lipinski definition) is 2. The molecule has 1 unspecified atom stereocenters. The molecule has 0 saturated carbocycles. The molecular weight excluding hydrogens is 276 g/mol. The summed E-state index contributed by atoms with van der Waals surface area (Å²) in [6.45, 7) is 1.87. The highest BCUT2D eigenvalue weighted by Gasteiger charge is 2.31. The number of aliphatic carboxylic acids is 1. The van der Waals surface area contributed by atoms with E-state index in [-0.39, 0.29) is 19.1 Å². The van der Waals surface area contributed by atoms with E-state index in [1.54, 1.807) is 0 Å².